The fourth-order valence-corrected chi connectivity index (χ4v) is 2.72. The van der Waals surface area contributed by atoms with E-state index in [2.05, 4.69) is 15.3 Å². The number of nitrogens with zero attached hydrogens (tertiary/aromatic N) is 2. The molecule has 6 heteroatoms. The van der Waals surface area contributed by atoms with Gasteiger partial charge < -0.3 is 14.8 Å². The minimum atomic E-state index is -0.226. The summed E-state index contributed by atoms with van der Waals surface area (Å²) < 4.78 is 11.1. The molecule has 2 heterocycles. The summed E-state index contributed by atoms with van der Waals surface area (Å²) in [7, 11) is 0. The van der Waals surface area contributed by atoms with E-state index in [0.717, 1.165) is 22.6 Å². The van der Waals surface area contributed by atoms with Crippen LogP contribution < -0.4 is 14.8 Å². The highest BCUT2D eigenvalue weighted by molar-refractivity contribution is 5.93. The van der Waals surface area contributed by atoms with E-state index in [-0.39, 0.29) is 5.91 Å². The van der Waals surface area contributed by atoms with Gasteiger partial charge in [-0.2, -0.15) is 0 Å². The number of benzene rings is 2. The lowest BCUT2D eigenvalue weighted by Gasteiger charge is -2.18. The number of carbonyl (C=O) groups excluding carboxylic acids is 1. The van der Waals surface area contributed by atoms with E-state index in [0.29, 0.717) is 37.4 Å². The van der Waals surface area contributed by atoms with Gasteiger partial charge in [0.1, 0.15) is 18.9 Å². The predicted octanol–water partition coefficient (Wildman–Crippen LogP) is 2.37. The Bertz CT molecular complexity index is 927. The minimum Gasteiger partial charge on any atom is -0.486 e. The van der Waals surface area contributed by atoms with E-state index in [9.17, 15) is 4.79 Å². The van der Waals surface area contributed by atoms with Crippen LogP contribution in [0.3, 0.4) is 0 Å². The molecule has 1 aliphatic rings. The Morgan fingerprint density at radius 3 is 2.72 bits per heavy atom. The van der Waals surface area contributed by atoms with Crippen LogP contribution in [0.2, 0.25) is 0 Å². The first-order valence-electron chi connectivity index (χ1n) is 8.18. The molecule has 1 aliphatic heterocycles. The van der Waals surface area contributed by atoms with Crippen molar-refractivity contribution in [1.82, 2.24) is 15.3 Å². The summed E-state index contributed by atoms with van der Waals surface area (Å²) in [5, 5.41) is 2.88. The Labute approximate surface area is 144 Å². The lowest BCUT2D eigenvalue weighted by molar-refractivity contribution is 0.0949. The third-order valence-corrected chi connectivity index (χ3v) is 3.99. The Hall–Kier alpha value is -3.15. The molecule has 3 aromatic rings. The van der Waals surface area contributed by atoms with Crippen LogP contribution in [-0.4, -0.2) is 35.6 Å². The second kappa shape index (κ2) is 6.76. The van der Waals surface area contributed by atoms with Gasteiger partial charge in [0, 0.05) is 6.54 Å². The van der Waals surface area contributed by atoms with Crippen LogP contribution in [0.4, 0.5) is 0 Å². The molecule has 1 N–H and O–H groups in total. The molecule has 0 bridgehead atoms. The van der Waals surface area contributed by atoms with Gasteiger partial charge >= 0.3 is 0 Å². The fraction of sp³-hybridized carbons (Fsp3) is 0.211. The number of carbonyl (C=O) groups is 1. The Morgan fingerprint density at radius 1 is 1.04 bits per heavy atom. The summed E-state index contributed by atoms with van der Waals surface area (Å²) in [6, 6.07) is 13.3. The van der Waals surface area contributed by atoms with Crippen molar-refractivity contribution in [2.24, 2.45) is 0 Å². The zero-order chi connectivity index (χ0) is 17.1. The first-order valence-corrected chi connectivity index (χ1v) is 8.18. The Balaban J connectivity index is 1.38. The van der Waals surface area contributed by atoms with Crippen LogP contribution in [-0.2, 0) is 6.42 Å². The lowest BCUT2D eigenvalue weighted by Crippen LogP contribution is -2.26. The van der Waals surface area contributed by atoms with Crippen molar-refractivity contribution in [3.8, 4) is 11.5 Å². The van der Waals surface area contributed by atoms with Gasteiger partial charge in [0.25, 0.3) is 5.91 Å². The predicted molar refractivity (Wildman–Crippen MR) is 93.0 cm³/mol. The topological polar surface area (TPSA) is 73.3 Å². The van der Waals surface area contributed by atoms with E-state index >= 15 is 0 Å². The van der Waals surface area contributed by atoms with Crippen LogP contribution in [0.5, 0.6) is 11.5 Å². The van der Waals surface area contributed by atoms with Crippen molar-refractivity contribution in [3.05, 3.63) is 59.9 Å². The number of ether oxygens (including phenoxy) is 2. The Kier molecular flexibility index (Phi) is 4.16. The summed E-state index contributed by atoms with van der Waals surface area (Å²) >= 11 is 0. The molecule has 0 fully saturated rings. The Morgan fingerprint density at radius 2 is 1.84 bits per heavy atom. The number of fused-ring (bicyclic) bond motifs is 2. The van der Waals surface area contributed by atoms with E-state index < -0.39 is 0 Å². The highest BCUT2D eigenvalue weighted by Crippen LogP contribution is 2.30. The summed E-state index contributed by atoms with van der Waals surface area (Å²) in [6.07, 6.45) is 2.20. The molecule has 2 aromatic carbocycles. The van der Waals surface area contributed by atoms with E-state index in [4.69, 9.17) is 9.47 Å². The van der Waals surface area contributed by atoms with Gasteiger partial charge in [-0.05, 0) is 36.2 Å². The molecule has 0 unspecified atom stereocenters. The molecule has 0 aliphatic carbocycles. The maximum absolute atomic E-state index is 12.3. The summed E-state index contributed by atoms with van der Waals surface area (Å²) in [5.41, 5.74) is 2.88. The van der Waals surface area contributed by atoms with Gasteiger partial charge in [-0.15, -0.1) is 0 Å². The largest absolute Gasteiger partial charge is 0.486 e. The third kappa shape index (κ3) is 3.38. The quantitative estimate of drug-likeness (QED) is 0.792. The molecule has 0 saturated carbocycles. The van der Waals surface area contributed by atoms with E-state index in [1.54, 1.807) is 0 Å². The van der Waals surface area contributed by atoms with Gasteiger partial charge in [-0.3, -0.25) is 9.78 Å². The van der Waals surface area contributed by atoms with E-state index in [1.165, 1.54) is 6.20 Å². The van der Waals surface area contributed by atoms with Crippen LogP contribution in [0.15, 0.2) is 48.7 Å². The number of hydrogen-bond acceptors (Lipinski definition) is 5. The average Bonchev–Trinajstić information content (AvgIpc) is 2.67. The van der Waals surface area contributed by atoms with Crippen molar-refractivity contribution in [3.63, 3.8) is 0 Å². The molecule has 25 heavy (non-hydrogen) atoms. The molecule has 0 radical (unpaired) electrons. The molecule has 1 aromatic heterocycles. The molecule has 0 saturated heterocycles. The molecule has 6 nitrogen and oxygen atoms in total. The smallest absolute Gasteiger partial charge is 0.271 e. The highest BCUT2D eigenvalue weighted by Gasteiger charge is 2.12. The van der Waals surface area contributed by atoms with Crippen LogP contribution in [0.25, 0.3) is 11.0 Å². The normalized spacial score (nSPS) is 12.8. The van der Waals surface area contributed by atoms with Gasteiger partial charge in [0.2, 0.25) is 0 Å². The van der Waals surface area contributed by atoms with Crippen molar-refractivity contribution >= 4 is 16.9 Å². The second-order valence-electron chi connectivity index (χ2n) is 5.73. The van der Waals surface area contributed by atoms with Crippen molar-refractivity contribution in [2.75, 3.05) is 19.8 Å². The van der Waals surface area contributed by atoms with Gasteiger partial charge in [-0.25, -0.2) is 4.98 Å². The van der Waals surface area contributed by atoms with Gasteiger partial charge in [-0.1, -0.05) is 18.2 Å². The average molecular weight is 335 g/mol. The number of nitrogens with one attached hydrogen (secondary N) is 1. The molecule has 0 atom stereocenters. The molecular weight excluding hydrogens is 318 g/mol. The molecular formula is C19H17N3O3. The number of amides is 1. The van der Waals surface area contributed by atoms with E-state index in [1.807, 2.05) is 42.5 Å². The zero-order valence-electron chi connectivity index (χ0n) is 13.6. The van der Waals surface area contributed by atoms with Crippen molar-refractivity contribution in [1.29, 1.82) is 0 Å². The molecule has 126 valence electrons. The van der Waals surface area contributed by atoms with Crippen molar-refractivity contribution < 1.29 is 14.3 Å². The summed E-state index contributed by atoms with van der Waals surface area (Å²) in [5.74, 6) is 1.30. The van der Waals surface area contributed by atoms with Crippen LogP contribution in [0, 0.1) is 0 Å². The third-order valence-electron chi connectivity index (χ3n) is 3.99. The van der Waals surface area contributed by atoms with Crippen LogP contribution in [0.1, 0.15) is 16.1 Å². The zero-order valence-corrected chi connectivity index (χ0v) is 13.6. The molecule has 1 amide bonds. The monoisotopic (exact) mass is 335 g/mol. The first-order chi connectivity index (χ1) is 12.3. The number of para-hydroxylation sites is 2. The number of rotatable bonds is 4. The first kappa shape index (κ1) is 15.4. The standard InChI is InChI=1S/C19H17N3O3/c23-19(16-12-21-14-3-1-2-4-15(14)22-16)20-8-7-13-5-6-17-18(11-13)25-10-9-24-17/h1-6,11-12H,7-10H2,(H,20,23). The minimum absolute atomic E-state index is 0.226. The maximum atomic E-state index is 12.3. The number of hydrogen-bond donors (Lipinski definition) is 1. The maximum Gasteiger partial charge on any atom is 0.271 e. The molecule has 4 rings (SSSR count). The van der Waals surface area contributed by atoms with Gasteiger partial charge in [0.15, 0.2) is 11.5 Å². The second-order valence-corrected chi connectivity index (χ2v) is 5.73. The number of aromatic nitrogens is 2. The van der Waals surface area contributed by atoms with Crippen molar-refractivity contribution in [2.45, 2.75) is 6.42 Å². The summed E-state index contributed by atoms with van der Waals surface area (Å²) in [6.45, 7) is 1.65. The fourth-order valence-electron chi connectivity index (χ4n) is 2.72. The summed E-state index contributed by atoms with van der Waals surface area (Å²) in [4.78, 5) is 20.9. The van der Waals surface area contributed by atoms with Crippen LogP contribution >= 0.6 is 0 Å². The highest BCUT2D eigenvalue weighted by atomic mass is 16.6. The lowest BCUT2D eigenvalue weighted by atomic mass is 10.1. The molecule has 0 spiro atoms. The SMILES string of the molecule is O=C(NCCc1ccc2c(c1)OCCO2)c1cnc2ccccc2n1. The van der Waals surface area contributed by atoms with Gasteiger partial charge in [0.05, 0.1) is 17.2 Å².